The first-order chi connectivity index (χ1) is 8.94. The van der Waals surface area contributed by atoms with Crippen LogP contribution >= 0.6 is 11.5 Å². The molecule has 0 N–H and O–H groups in total. The number of carbonyl (C=O) groups excluding carboxylic acids is 1. The lowest BCUT2D eigenvalue weighted by molar-refractivity contribution is 0.0215. The first-order valence-corrected chi connectivity index (χ1v) is 7.24. The highest BCUT2D eigenvalue weighted by atomic mass is 32.1. The highest BCUT2D eigenvalue weighted by Crippen LogP contribution is 2.35. The van der Waals surface area contributed by atoms with E-state index < -0.39 is 5.60 Å². The maximum atomic E-state index is 12.1. The third-order valence-corrected chi connectivity index (χ3v) is 4.17. The van der Waals surface area contributed by atoms with E-state index in [4.69, 9.17) is 4.74 Å². The summed E-state index contributed by atoms with van der Waals surface area (Å²) in [7, 11) is 0. The molecular formula is C12H18N4O2S. The topological polar surface area (TPSA) is 58.6 Å². The molecule has 3 rings (SSSR count). The Bertz CT molecular complexity index is 471. The van der Waals surface area contributed by atoms with Crippen molar-refractivity contribution in [3.8, 4) is 0 Å². The van der Waals surface area contributed by atoms with E-state index in [-0.39, 0.29) is 12.1 Å². The van der Waals surface area contributed by atoms with Crippen molar-refractivity contribution in [3.05, 3.63) is 6.33 Å². The van der Waals surface area contributed by atoms with Crippen LogP contribution in [0.15, 0.2) is 6.33 Å². The molecule has 2 atom stereocenters. The predicted octanol–water partition coefficient (Wildman–Crippen LogP) is 1.74. The molecule has 2 saturated heterocycles. The number of hydrogen-bond donors (Lipinski definition) is 0. The Hall–Kier alpha value is -1.37. The van der Waals surface area contributed by atoms with E-state index in [0.29, 0.717) is 6.04 Å². The highest BCUT2D eigenvalue weighted by molar-refractivity contribution is 7.09. The minimum atomic E-state index is -0.433. The van der Waals surface area contributed by atoms with Gasteiger partial charge in [-0.25, -0.2) is 9.78 Å². The Kier molecular flexibility index (Phi) is 2.88. The number of hydrogen-bond acceptors (Lipinski definition) is 6. The van der Waals surface area contributed by atoms with E-state index in [2.05, 4.69) is 14.3 Å². The third-order valence-electron chi connectivity index (χ3n) is 3.46. The molecule has 0 aromatic carbocycles. The number of rotatable bonds is 1. The fraction of sp³-hybridized carbons (Fsp3) is 0.750. The van der Waals surface area contributed by atoms with Crippen LogP contribution in [0.5, 0.6) is 0 Å². The number of ether oxygens (including phenoxy) is 1. The second-order valence-electron chi connectivity index (χ2n) is 6.05. The zero-order chi connectivity index (χ0) is 13.6. The van der Waals surface area contributed by atoms with Crippen LogP contribution in [0.4, 0.5) is 9.93 Å². The molecule has 3 heterocycles. The summed E-state index contributed by atoms with van der Waals surface area (Å²) in [6, 6.07) is 0.592. The van der Waals surface area contributed by atoms with Crippen molar-refractivity contribution in [2.24, 2.45) is 0 Å². The Morgan fingerprint density at radius 1 is 1.42 bits per heavy atom. The van der Waals surface area contributed by atoms with Crippen LogP contribution in [-0.2, 0) is 4.74 Å². The van der Waals surface area contributed by atoms with Crippen molar-refractivity contribution in [2.45, 2.75) is 44.9 Å². The summed E-state index contributed by atoms with van der Waals surface area (Å²) in [6.45, 7) is 7.24. The van der Waals surface area contributed by atoms with E-state index in [1.54, 1.807) is 6.33 Å². The molecule has 1 aromatic rings. The van der Waals surface area contributed by atoms with E-state index in [0.717, 1.165) is 24.6 Å². The third kappa shape index (κ3) is 2.39. The van der Waals surface area contributed by atoms with Gasteiger partial charge in [-0.15, -0.1) is 0 Å². The summed E-state index contributed by atoms with van der Waals surface area (Å²) in [4.78, 5) is 20.5. The van der Waals surface area contributed by atoms with E-state index in [9.17, 15) is 4.79 Å². The minimum Gasteiger partial charge on any atom is -0.444 e. The van der Waals surface area contributed by atoms with Gasteiger partial charge in [-0.2, -0.15) is 4.37 Å². The molecule has 1 amide bonds. The van der Waals surface area contributed by atoms with Gasteiger partial charge in [0.05, 0.1) is 12.1 Å². The van der Waals surface area contributed by atoms with Crippen LogP contribution in [0.1, 0.15) is 27.2 Å². The summed E-state index contributed by atoms with van der Waals surface area (Å²) in [5.74, 6) is 0. The first kappa shape index (κ1) is 12.7. The van der Waals surface area contributed by atoms with Gasteiger partial charge < -0.3 is 14.5 Å². The maximum Gasteiger partial charge on any atom is 0.410 e. The van der Waals surface area contributed by atoms with Gasteiger partial charge in [0.1, 0.15) is 11.9 Å². The number of nitrogens with zero attached hydrogens (tertiary/aromatic N) is 4. The molecule has 19 heavy (non-hydrogen) atoms. The molecule has 6 nitrogen and oxygen atoms in total. The van der Waals surface area contributed by atoms with Gasteiger partial charge in [0, 0.05) is 24.6 Å². The van der Waals surface area contributed by atoms with Crippen LogP contribution in [0, 0.1) is 0 Å². The van der Waals surface area contributed by atoms with Crippen molar-refractivity contribution in [3.63, 3.8) is 0 Å². The van der Waals surface area contributed by atoms with Crippen LogP contribution < -0.4 is 4.90 Å². The van der Waals surface area contributed by atoms with Crippen LogP contribution in [0.25, 0.3) is 0 Å². The molecule has 0 radical (unpaired) electrons. The Labute approximate surface area is 116 Å². The van der Waals surface area contributed by atoms with Crippen molar-refractivity contribution in [1.82, 2.24) is 14.3 Å². The predicted molar refractivity (Wildman–Crippen MR) is 72.4 cm³/mol. The normalized spacial score (nSPS) is 26.1. The average Bonchev–Trinajstić information content (AvgIpc) is 3.02. The van der Waals surface area contributed by atoms with Gasteiger partial charge in [-0.3, -0.25) is 0 Å². The zero-order valence-electron chi connectivity index (χ0n) is 11.4. The number of amides is 1. The Morgan fingerprint density at radius 2 is 2.21 bits per heavy atom. The first-order valence-electron chi connectivity index (χ1n) is 6.47. The summed E-state index contributed by atoms with van der Waals surface area (Å²) < 4.78 is 9.48. The fourth-order valence-corrected chi connectivity index (χ4v) is 3.35. The van der Waals surface area contributed by atoms with Crippen LogP contribution in [-0.4, -0.2) is 51.1 Å². The van der Waals surface area contributed by atoms with Gasteiger partial charge >= 0.3 is 6.09 Å². The largest absolute Gasteiger partial charge is 0.444 e. The van der Waals surface area contributed by atoms with Crippen molar-refractivity contribution in [2.75, 3.05) is 18.0 Å². The Morgan fingerprint density at radius 3 is 2.74 bits per heavy atom. The lowest BCUT2D eigenvalue weighted by Crippen LogP contribution is -2.50. The van der Waals surface area contributed by atoms with Gasteiger partial charge in [0.2, 0.25) is 5.13 Å². The monoisotopic (exact) mass is 282 g/mol. The number of carbonyl (C=O) groups is 1. The number of likely N-dealkylation sites (tertiary alicyclic amines) is 1. The zero-order valence-corrected chi connectivity index (χ0v) is 12.2. The summed E-state index contributed by atoms with van der Waals surface area (Å²) in [6.07, 6.45) is 2.38. The fourth-order valence-electron chi connectivity index (χ4n) is 2.74. The molecule has 7 heteroatoms. The molecule has 2 bridgehead atoms. The molecule has 0 aliphatic carbocycles. The summed E-state index contributed by atoms with van der Waals surface area (Å²) in [5.41, 5.74) is -0.433. The molecule has 2 aliphatic rings. The number of aromatic nitrogens is 2. The van der Waals surface area contributed by atoms with Gasteiger partial charge in [0.15, 0.2) is 0 Å². The second-order valence-corrected chi connectivity index (χ2v) is 6.81. The molecule has 104 valence electrons. The van der Waals surface area contributed by atoms with Crippen molar-refractivity contribution < 1.29 is 9.53 Å². The number of anilines is 1. The van der Waals surface area contributed by atoms with Crippen LogP contribution in [0.3, 0.4) is 0 Å². The molecule has 0 saturated carbocycles. The summed E-state index contributed by atoms with van der Waals surface area (Å²) in [5, 5.41) is 0.955. The van der Waals surface area contributed by atoms with Gasteiger partial charge in [-0.1, -0.05) is 0 Å². The highest BCUT2D eigenvalue weighted by Gasteiger charge is 2.47. The number of fused-ring (bicyclic) bond motifs is 2. The van der Waals surface area contributed by atoms with E-state index in [1.807, 2.05) is 25.7 Å². The van der Waals surface area contributed by atoms with Crippen LogP contribution in [0.2, 0.25) is 0 Å². The van der Waals surface area contributed by atoms with E-state index in [1.165, 1.54) is 11.5 Å². The maximum absolute atomic E-state index is 12.1. The Balaban J connectivity index is 1.65. The van der Waals surface area contributed by atoms with Gasteiger partial charge in [0.25, 0.3) is 0 Å². The molecule has 2 aliphatic heterocycles. The lowest BCUT2D eigenvalue weighted by atomic mass is 10.2. The molecule has 1 unspecified atom stereocenters. The second kappa shape index (κ2) is 4.33. The van der Waals surface area contributed by atoms with E-state index >= 15 is 0 Å². The average molecular weight is 282 g/mol. The smallest absolute Gasteiger partial charge is 0.410 e. The quantitative estimate of drug-likeness (QED) is 0.785. The molecule has 1 aromatic heterocycles. The molecular weight excluding hydrogens is 264 g/mol. The summed E-state index contributed by atoms with van der Waals surface area (Å²) >= 11 is 1.41. The van der Waals surface area contributed by atoms with Gasteiger partial charge in [-0.05, 0) is 27.2 Å². The molecule has 2 fully saturated rings. The SMILES string of the molecule is CC(C)(C)OC(=O)N1CC2C[C@H]1CN2c1ncns1. The minimum absolute atomic E-state index is 0.197. The van der Waals surface area contributed by atoms with Crippen molar-refractivity contribution in [1.29, 1.82) is 0 Å². The number of piperazine rings is 1. The standard InChI is InChI=1S/C12H18N4O2S/c1-12(2,3)18-11(17)16-6-8-4-9(16)5-15(8)10-13-7-14-19-10/h7-9H,4-6H2,1-3H3/t8?,9-/m0/s1. The van der Waals surface area contributed by atoms with Crippen molar-refractivity contribution >= 4 is 22.8 Å². The lowest BCUT2D eigenvalue weighted by Gasteiger charge is -2.34. The molecule has 0 spiro atoms.